The molecule has 264 valence electrons. The Balaban J connectivity index is 0.000000341. The van der Waals surface area contributed by atoms with Gasteiger partial charge in [0.25, 0.3) is 0 Å². The molecule has 3 aliphatic carbocycles. The number of nitrogens with two attached hydrogens (primary N) is 3. The van der Waals surface area contributed by atoms with E-state index in [1.807, 2.05) is 62.3 Å². The van der Waals surface area contributed by atoms with Crippen LogP contribution in [0.4, 0.5) is 0 Å². The molecule has 10 heteroatoms. The molecule has 3 fully saturated rings. The monoisotopic (exact) mass is 641 g/mol. The molecule has 0 amide bonds. The van der Waals surface area contributed by atoms with Gasteiger partial charge in [-0.1, -0.05) is 33.1 Å². The van der Waals surface area contributed by atoms with Crippen LogP contribution >= 0.6 is 0 Å². The first-order valence-electron chi connectivity index (χ1n) is 17.4. The molecule has 3 aliphatic rings. The minimum Gasteiger partial charge on any atom is -0.461 e. The van der Waals surface area contributed by atoms with Crippen LogP contribution < -0.4 is 17.2 Å². The Morgan fingerprint density at radius 3 is 1.36 bits per heavy atom. The number of carbonyl (C=O) groups excluding carboxylic acids is 3. The second-order valence-electron chi connectivity index (χ2n) is 15.4. The minimum absolute atomic E-state index is 0.0652. The fourth-order valence-corrected chi connectivity index (χ4v) is 5.65. The molecule has 0 heterocycles. The van der Waals surface area contributed by atoms with E-state index in [2.05, 4.69) is 0 Å². The summed E-state index contributed by atoms with van der Waals surface area (Å²) in [4.78, 5) is 34.9. The maximum Gasteiger partial charge on any atom is 0.325 e. The second kappa shape index (κ2) is 19.8. The summed E-state index contributed by atoms with van der Waals surface area (Å²) >= 11 is 0. The van der Waals surface area contributed by atoms with Gasteiger partial charge in [-0.25, -0.2) is 0 Å². The predicted octanol–water partition coefficient (Wildman–Crippen LogP) is 5.69. The summed E-state index contributed by atoms with van der Waals surface area (Å²) in [5, 5.41) is 0. The molecule has 0 aliphatic heterocycles. The van der Waals surface area contributed by atoms with Gasteiger partial charge in [0.1, 0.15) is 35.9 Å². The van der Waals surface area contributed by atoms with Gasteiger partial charge in [-0.2, -0.15) is 0 Å². The highest BCUT2D eigenvalue weighted by atomic mass is 16.6. The van der Waals surface area contributed by atoms with E-state index in [1.54, 1.807) is 0 Å². The lowest BCUT2D eigenvalue weighted by Gasteiger charge is -2.29. The van der Waals surface area contributed by atoms with E-state index < -0.39 is 23.7 Å². The third-order valence-electron chi connectivity index (χ3n) is 8.31. The van der Waals surface area contributed by atoms with Crippen molar-refractivity contribution in [2.75, 3.05) is 0 Å². The summed E-state index contributed by atoms with van der Waals surface area (Å²) < 4.78 is 21.6. The summed E-state index contributed by atoms with van der Waals surface area (Å²) in [5.74, 6) is -0.326. The van der Waals surface area contributed by atoms with Crippen LogP contribution in [-0.2, 0) is 33.3 Å². The Kier molecular flexibility index (Phi) is 18.2. The Morgan fingerprint density at radius 2 is 0.978 bits per heavy atom. The van der Waals surface area contributed by atoms with Crippen molar-refractivity contribution < 1.29 is 33.3 Å². The first-order chi connectivity index (χ1) is 20.8. The zero-order valence-corrected chi connectivity index (χ0v) is 29.9. The number of rotatable bonds is 9. The Hall–Kier alpha value is -1.75. The maximum absolute atomic E-state index is 11.8. The minimum atomic E-state index is -0.699. The van der Waals surface area contributed by atoms with Crippen LogP contribution in [0.25, 0.3) is 0 Å². The lowest BCUT2D eigenvalue weighted by molar-refractivity contribution is -0.158. The number of esters is 3. The molecule has 0 unspecified atom stereocenters. The van der Waals surface area contributed by atoms with Crippen molar-refractivity contribution in [3.8, 4) is 0 Å². The van der Waals surface area contributed by atoms with Gasteiger partial charge in [0.2, 0.25) is 0 Å². The van der Waals surface area contributed by atoms with E-state index >= 15 is 0 Å². The summed E-state index contributed by atoms with van der Waals surface area (Å²) in [6.07, 6.45) is 14.3. The van der Waals surface area contributed by atoms with Gasteiger partial charge in [0, 0.05) is 0 Å². The van der Waals surface area contributed by atoms with Crippen LogP contribution in [0.15, 0.2) is 0 Å². The number of hydrogen-bond acceptors (Lipinski definition) is 10. The zero-order chi connectivity index (χ0) is 34.4. The van der Waals surface area contributed by atoms with Crippen molar-refractivity contribution >= 4 is 17.9 Å². The highest BCUT2D eigenvalue weighted by molar-refractivity contribution is 5.77. The Morgan fingerprint density at radius 1 is 0.578 bits per heavy atom. The largest absolute Gasteiger partial charge is 0.461 e. The number of carbonyl (C=O) groups is 3. The molecule has 0 saturated heterocycles. The van der Waals surface area contributed by atoms with Crippen molar-refractivity contribution in [2.45, 2.75) is 193 Å². The van der Waals surface area contributed by atoms with Gasteiger partial charge >= 0.3 is 17.9 Å². The highest BCUT2D eigenvalue weighted by Gasteiger charge is 2.31. The Bertz CT molecular complexity index is 865. The van der Waals surface area contributed by atoms with E-state index in [-0.39, 0.29) is 47.7 Å². The molecule has 3 saturated carbocycles. The van der Waals surface area contributed by atoms with Gasteiger partial charge in [-0.05, 0) is 125 Å². The van der Waals surface area contributed by atoms with Crippen LogP contribution in [0.5, 0.6) is 0 Å². The summed E-state index contributed by atoms with van der Waals surface area (Å²) in [5.41, 5.74) is 16.7. The molecule has 45 heavy (non-hydrogen) atoms. The molecular weight excluding hydrogens is 574 g/mol. The first kappa shape index (κ1) is 41.3. The third kappa shape index (κ3) is 17.7. The molecule has 0 aromatic rings. The third-order valence-corrected chi connectivity index (χ3v) is 8.31. The van der Waals surface area contributed by atoms with Crippen molar-refractivity contribution in [1.29, 1.82) is 0 Å². The molecule has 10 nitrogen and oxygen atoms in total. The molecule has 0 aromatic heterocycles. The standard InChI is InChI=1S/C13H25NO3.C12H23NO2.C10H19NO2/c1-9(17-13(2,3)4)11(14)12(15)16-10-7-5-6-8-10;1-12(2,3)15-11(14)10(13)9-7-5-4-6-8-9;1-7(2)9(11)10(12)13-8-5-3-4-6-8/h9-11H,5-8,14H2,1-4H3;9-10H,4-8,13H2,1-3H3;7-9H,3-6,11H2,1-2H3/t9-,11+;10-;9-/m100/s1. The van der Waals surface area contributed by atoms with E-state index in [4.69, 9.17) is 36.1 Å². The maximum atomic E-state index is 11.8. The fourth-order valence-electron chi connectivity index (χ4n) is 5.65. The average molecular weight is 642 g/mol. The zero-order valence-electron chi connectivity index (χ0n) is 29.9. The van der Waals surface area contributed by atoms with Crippen molar-refractivity contribution in [3.05, 3.63) is 0 Å². The number of hydrogen-bond donors (Lipinski definition) is 3. The second-order valence-corrected chi connectivity index (χ2v) is 15.4. The molecule has 0 spiro atoms. The van der Waals surface area contributed by atoms with E-state index in [0.717, 1.165) is 51.4 Å². The van der Waals surface area contributed by atoms with E-state index in [1.165, 1.54) is 32.1 Å². The Labute approximate surface area is 273 Å². The van der Waals surface area contributed by atoms with Gasteiger partial charge < -0.3 is 36.1 Å². The quantitative estimate of drug-likeness (QED) is 0.210. The first-order valence-corrected chi connectivity index (χ1v) is 17.4. The van der Waals surface area contributed by atoms with Crippen LogP contribution in [0.1, 0.15) is 146 Å². The van der Waals surface area contributed by atoms with Gasteiger partial charge in [-0.15, -0.1) is 0 Å². The van der Waals surface area contributed by atoms with Gasteiger partial charge in [0.05, 0.1) is 11.7 Å². The number of ether oxygens (including phenoxy) is 4. The molecule has 4 atom stereocenters. The lowest BCUT2D eigenvalue weighted by Crippen LogP contribution is -2.46. The van der Waals surface area contributed by atoms with Crippen LogP contribution in [0.3, 0.4) is 0 Å². The van der Waals surface area contributed by atoms with Crippen LogP contribution in [0, 0.1) is 11.8 Å². The summed E-state index contributed by atoms with van der Waals surface area (Å²) in [6, 6.07) is -1.58. The SMILES string of the molecule is CC(C)(C)OC(=O)[C@@H](N)C1CCCCC1.CC(C)[C@H](N)C(=O)OC1CCCC1.C[C@@H](OC(C)(C)C)[C@H](N)C(=O)OC1CCCC1. The highest BCUT2D eigenvalue weighted by Crippen LogP contribution is 2.27. The molecular formula is C35H67N3O7. The molecule has 0 aromatic carbocycles. The molecule has 3 rings (SSSR count). The van der Waals surface area contributed by atoms with Crippen LogP contribution in [0.2, 0.25) is 0 Å². The van der Waals surface area contributed by atoms with Crippen molar-refractivity contribution in [2.24, 2.45) is 29.0 Å². The molecule has 0 radical (unpaired) electrons. The molecule has 0 bridgehead atoms. The predicted molar refractivity (Wildman–Crippen MR) is 178 cm³/mol. The van der Waals surface area contributed by atoms with Crippen molar-refractivity contribution in [1.82, 2.24) is 0 Å². The van der Waals surface area contributed by atoms with E-state index in [0.29, 0.717) is 5.92 Å². The smallest absolute Gasteiger partial charge is 0.325 e. The topological polar surface area (TPSA) is 166 Å². The summed E-state index contributed by atoms with van der Waals surface area (Å²) in [6.45, 7) is 17.1. The lowest BCUT2D eigenvalue weighted by atomic mass is 9.84. The van der Waals surface area contributed by atoms with Crippen LogP contribution in [-0.4, -0.2) is 65.5 Å². The van der Waals surface area contributed by atoms with Crippen molar-refractivity contribution in [3.63, 3.8) is 0 Å². The average Bonchev–Trinajstić information content (AvgIpc) is 3.65. The molecule has 6 N–H and O–H groups in total. The fraction of sp³-hybridized carbons (Fsp3) is 0.914. The van der Waals surface area contributed by atoms with E-state index in [9.17, 15) is 14.4 Å². The van der Waals surface area contributed by atoms with Gasteiger partial charge in [0.15, 0.2) is 0 Å². The normalized spacial score (nSPS) is 21.0. The summed E-state index contributed by atoms with van der Waals surface area (Å²) in [7, 11) is 0. The van der Waals surface area contributed by atoms with Gasteiger partial charge in [-0.3, -0.25) is 14.4 Å².